The molecular weight excluding hydrogens is 777 g/mol. The van der Waals surface area contributed by atoms with E-state index < -0.39 is 5.41 Å². The summed E-state index contributed by atoms with van der Waals surface area (Å²) in [5, 5.41) is 0. The minimum absolute atomic E-state index is 0.102. The Morgan fingerprint density at radius 2 is 0.952 bits per heavy atom. The van der Waals surface area contributed by atoms with Gasteiger partial charge in [0.15, 0.2) is 0 Å². The predicted octanol–water partition coefficient (Wildman–Crippen LogP) is 11.6. The Morgan fingerprint density at radius 3 is 1.37 bits per heavy atom. The first kappa shape index (κ1) is 46.8. The number of hydrogen-bond donors (Lipinski definition) is 0. The van der Waals surface area contributed by atoms with E-state index in [1.807, 2.05) is 31.4 Å². The molecule has 334 valence electrons. The van der Waals surface area contributed by atoms with Gasteiger partial charge in [0.2, 0.25) is 0 Å². The van der Waals surface area contributed by atoms with Gasteiger partial charge in [0.25, 0.3) is 0 Å². The van der Waals surface area contributed by atoms with Crippen molar-refractivity contribution in [2.75, 3.05) is 53.9 Å². The van der Waals surface area contributed by atoms with Gasteiger partial charge >= 0.3 is 11.9 Å². The molecule has 3 aliphatic rings. The van der Waals surface area contributed by atoms with Crippen molar-refractivity contribution in [3.63, 3.8) is 0 Å². The summed E-state index contributed by atoms with van der Waals surface area (Å²) < 4.78 is 32.5. The highest BCUT2D eigenvalue weighted by Crippen LogP contribution is 2.57. The third-order valence-electron chi connectivity index (χ3n) is 14.2. The second-order valence-corrected chi connectivity index (χ2v) is 19.2. The summed E-state index contributed by atoms with van der Waals surface area (Å²) in [5.41, 5.74) is 7.77. The molecule has 0 aromatic heterocycles. The smallest absolute Gasteiger partial charge is 0.302 e. The molecule has 0 radical (unpaired) electrons. The largest absolute Gasteiger partial charge is 0.491 e. The van der Waals surface area contributed by atoms with E-state index in [9.17, 15) is 9.59 Å². The third-order valence-corrected chi connectivity index (χ3v) is 14.2. The molecule has 2 fully saturated rings. The molecule has 4 aromatic rings. The van der Waals surface area contributed by atoms with Crippen molar-refractivity contribution >= 4 is 11.9 Å². The lowest BCUT2D eigenvalue weighted by Gasteiger charge is -2.50. The quantitative estimate of drug-likeness (QED) is 0.0716. The molecule has 0 N–H and O–H groups in total. The van der Waals surface area contributed by atoms with Crippen LogP contribution in [0.1, 0.15) is 115 Å². The SMILES string of the molecule is COCC(C)(C)C1CCC2(CC1)CCC(C(C)(C)COC(C)=O)CC2.COCCOc1ccc(C2(c3ccc(OCCOC(C)=O)cc3)c3ccccc3-c3ccccc32)cc1. The third kappa shape index (κ3) is 10.7. The van der Waals surface area contributed by atoms with Crippen molar-refractivity contribution < 1.29 is 38.0 Å². The number of methoxy groups -OCH3 is 2. The van der Waals surface area contributed by atoms with Crippen LogP contribution in [-0.4, -0.2) is 65.8 Å². The lowest BCUT2D eigenvalue weighted by Crippen LogP contribution is -2.40. The van der Waals surface area contributed by atoms with E-state index >= 15 is 0 Å². The monoisotopic (exact) mass is 847 g/mol. The van der Waals surface area contributed by atoms with Crippen LogP contribution in [0.5, 0.6) is 11.5 Å². The summed E-state index contributed by atoms with van der Waals surface area (Å²) in [6.45, 7) is 15.2. The van der Waals surface area contributed by atoms with E-state index in [1.165, 1.54) is 87.5 Å². The van der Waals surface area contributed by atoms with Gasteiger partial charge in [-0.15, -0.1) is 0 Å². The molecule has 0 aliphatic heterocycles. The summed E-state index contributed by atoms with van der Waals surface area (Å²) in [7, 11) is 3.49. The van der Waals surface area contributed by atoms with Crippen LogP contribution >= 0.6 is 0 Å². The average molecular weight is 847 g/mol. The highest BCUT2D eigenvalue weighted by Gasteiger charge is 2.47. The Morgan fingerprint density at radius 1 is 0.532 bits per heavy atom. The number of benzene rings is 4. The zero-order valence-electron chi connectivity index (χ0n) is 38.6. The highest BCUT2D eigenvalue weighted by molar-refractivity contribution is 5.86. The average Bonchev–Trinajstić information content (AvgIpc) is 3.57. The Hall–Kier alpha value is -4.66. The Bertz CT molecular complexity index is 2000. The second kappa shape index (κ2) is 20.7. The van der Waals surface area contributed by atoms with Crippen molar-refractivity contribution in [1.82, 2.24) is 0 Å². The Balaban J connectivity index is 0.000000224. The van der Waals surface area contributed by atoms with Crippen molar-refractivity contribution in [2.24, 2.45) is 28.1 Å². The van der Waals surface area contributed by atoms with Crippen LogP contribution in [-0.2, 0) is 34.0 Å². The fraction of sp³-hybridized carbons (Fsp3) is 0.519. The molecule has 0 saturated heterocycles. The summed E-state index contributed by atoms with van der Waals surface area (Å²) in [4.78, 5) is 22.2. The van der Waals surface area contributed by atoms with Crippen LogP contribution in [0.25, 0.3) is 11.1 Å². The topological polar surface area (TPSA) is 89.5 Å². The zero-order valence-corrected chi connectivity index (χ0v) is 38.6. The number of carbonyl (C=O) groups excluding carboxylic acids is 2. The first-order chi connectivity index (χ1) is 29.7. The number of rotatable bonds is 16. The summed E-state index contributed by atoms with van der Waals surface area (Å²) in [5.74, 6) is 2.56. The van der Waals surface area contributed by atoms with Gasteiger partial charge in [-0.1, -0.05) is 100 Å². The first-order valence-electron chi connectivity index (χ1n) is 22.7. The Kier molecular flexibility index (Phi) is 15.6. The molecule has 0 amide bonds. The van der Waals surface area contributed by atoms with Crippen molar-refractivity contribution in [3.05, 3.63) is 119 Å². The van der Waals surface area contributed by atoms with Crippen LogP contribution in [0, 0.1) is 28.1 Å². The van der Waals surface area contributed by atoms with Gasteiger partial charge in [-0.3, -0.25) is 9.59 Å². The molecular formula is C54H70O8. The van der Waals surface area contributed by atoms with E-state index in [4.69, 9.17) is 28.4 Å². The maximum Gasteiger partial charge on any atom is 0.302 e. The van der Waals surface area contributed by atoms with Crippen molar-refractivity contribution in [3.8, 4) is 22.6 Å². The normalized spacial score (nSPS) is 20.3. The van der Waals surface area contributed by atoms with Gasteiger partial charge < -0.3 is 28.4 Å². The second-order valence-electron chi connectivity index (χ2n) is 19.2. The van der Waals surface area contributed by atoms with E-state index in [0.717, 1.165) is 35.2 Å². The van der Waals surface area contributed by atoms with Crippen molar-refractivity contribution in [2.45, 2.75) is 98.3 Å². The van der Waals surface area contributed by atoms with Gasteiger partial charge in [0.1, 0.15) is 31.3 Å². The molecule has 4 aromatic carbocycles. The van der Waals surface area contributed by atoms with Gasteiger partial charge in [0, 0.05) is 33.5 Å². The summed E-state index contributed by atoms with van der Waals surface area (Å²) in [6, 6.07) is 33.8. The fourth-order valence-corrected chi connectivity index (χ4v) is 10.6. The molecule has 8 heteroatoms. The molecule has 7 rings (SSSR count). The van der Waals surface area contributed by atoms with Gasteiger partial charge in [-0.2, -0.15) is 0 Å². The van der Waals surface area contributed by atoms with E-state index in [1.54, 1.807) is 7.11 Å². The molecule has 0 unspecified atom stereocenters. The van der Waals surface area contributed by atoms with E-state index in [-0.39, 0.29) is 24.0 Å². The molecule has 3 aliphatic carbocycles. The molecule has 2 saturated carbocycles. The van der Waals surface area contributed by atoms with E-state index in [0.29, 0.717) is 43.2 Å². The number of carbonyl (C=O) groups is 2. The van der Waals surface area contributed by atoms with Crippen molar-refractivity contribution in [1.29, 1.82) is 0 Å². The molecule has 0 bridgehead atoms. The zero-order chi connectivity index (χ0) is 44.4. The minimum Gasteiger partial charge on any atom is -0.491 e. The van der Waals surface area contributed by atoms with E-state index in [2.05, 4.69) is 100 Å². The summed E-state index contributed by atoms with van der Waals surface area (Å²) >= 11 is 0. The molecule has 8 nitrogen and oxygen atoms in total. The highest BCUT2D eigenvalue weighted by atomic mass is 16.6. The lowest BCUT2D eigenvalue weighted by atomic mass is 9.56. The standard InChI is InChI=1S/C32H30O5.C22H40O3/c1-23(33)35-21-22-37-27-17-13-25(14-18-27)32(24-11-15-26(16-12-24)36-20-19-34-2)30-9-5-3-7-28(30)29-8-4-6-10-31(29)32;1-17(23)25-16-21(4,5)19-9-13-22(14-10-19)11-7-18(8-12-22)20(2,3)15-24-6/h3-18H,19-22H2,1-2H3;18-19H,7-16H2,1-6H3. The number of hydrogen-bond acceptors (Lipinski definition) is 8. The van der Waals surface area contributed by atoms with Gasteiger partial charge in [-0.05, 0) is 132 Å². The number of ether oxygens (including phenoxy) is 6. The predicted molar refractivity (Wildman–Crippen MR) is 246 cm³/mol. The van der Waals surface area contributed by atoms with Crippen LogP contribution in [0.2, 0.25) is 0 Å². The van der Waals surface area contributed by atoms with Crippen LogP contribution < -0.4 is 9.47 Å². The van der Waals surface area contributed by atoms with Crippen LogP contribution in [0.15, 0.2) is 97.1 Å². The maximum atomic E-state index is 11.1. The minimum atomic E-state index is -0.492. The number of esters is 2. The maximum absolute atomic E-state index is 11.1. The Labute approximate surface area is 371 Å². The van der Waals surface area contributed by atoms with Crippen LogP contribution in [0.4, 0.5) is 0 Å². The van der Waals surface area contributed by atoms with Gasteiger partial charge in [-0.25, -0.2) is 0 Å². The molecule has 0 atom stereocenters. The molecule has 62 heavy (non-hydrogen) atoms. The van der Waals surface area contributed by atoms with Crippen LogP contribution in [0.3, 0.4) is 0 Å². The number of fused-ring (bicyclic) bond motifs is 3. The summed E-state index contributed by atoms with van der Waals surface area (Å²) in [6.07, 6.45) is 10.8. The lowest BCUT2D eigenvalue weighted by molar-refractivity contribution is -0.146. The molecule has 1 spiro atoms. The fourth-order valence-electron chi connectivity index (χ4n) is 10.6. The van der Waals surface area contributed by atoms with Gasteiger partial charge in [0.05, 0.1) is 25.2 Å². The molecule has 0 heterocycles. The first-order valence-corrected chi connectivity index (χ1v) is 22.7.